The Morgan fingerprint density at radius 1 is 1.38 bits per heavy atom. The number of aliphatic hydroxyl groups is 1. The first-order chi connectivity index (χ1) is 7.79. The molecule has 1 aromatic carbocycles. The average molecular weight is 217 g/mol. The molecule has 0 aliphatic carbocycles. The molecule has 3 nitrogen and oxygen atoms in total. The number of carbonyl (C=O) groups excluding carboxylic acids is 1. The van der Waals surface area contributed by atoms with Crippen LogP contribution in [0.3, 0.4) is 0 Å². The molecule has 0 saturated carbocycles. The number of likely N-dealkylation sites (tertiary alicyclic amines) is 1. The van der Waals surface area contributed by atoms with Crippen LogP contribution >= 0.6 is 0 Å². The van der Waals surface area contributed by atoms with Gasteiger partial charge in [-0.2, -0.15) is 0 Å². The molecule has 1 amide bonds. The van der Waals surface area contributed by atoms with Gasteiger partial charge in [0.1, 0.15) is 0 Å². The van der Waals surface area contributed by atoms with Crippen LogP contribution in [0.25, 0.3) is 6.08 Å². The second kappa shape index (κ2) is 4.94. The average Bonchev–Trinajstić information content (AvgIpc) is 2.26. The van der Waals surface area contributed by atoms with Crippen LogP contribution in [0.15, 0.2) is 36.4 Å². The highest BCUT2D eigenvalue weighted by atomic mass is 16.3. The van der Waals surface area contributed by atoms with Crippen molar-refractivity contribution in [2.45, 2.75) is 0 Å². The van der Waals surface area contributed by atoms with E-state index in [1.165, 1.54) is 0 Å². The fraction of sp³-hybridized carbons (Fsp3) is 0.308. The molecule has 1 N–H and O–H groups in total. The van der Waals surface area contributed by atoms with Gasteiger partial charge < -0.3 is 10.0 Å². The molecule has 2 rings (SSSR count). The van der Waals surface area contributed by atoms with Gasteiger partial charge in [0.25, 0.3) is 0 Å². The Hall–Kier alpha value is -1.61. The number of benzene rings is 1. The van der Waals surface area contributed by atoms with E-state index in [2.05, 4.69) is 0 Å². The fourth-order valence-corrected chi connectivity index (χ4v) is 1.70. The molecule has 16 heavy (non-hydrogen) atoms. The third-order valence-electron chi connectivity index (χ3n) is 2.74. The molecule has 84 valence electrons. The minimum Gasteiger partial charge on any atom is -0.396 e. The van der Waals surface area contributed by atoms with E-state index in [4.69, 9.17) is 5.11 Å². The third kappa shape index (κ3) is 2.49. The molecule has 0 unspecified atom stereocenters. The van der Waals surface area contributed by atoms with Gasteiger partial charge in [-0.1, -0.05) is 30.3 Å². The van der Waals surface area contributed by atoms with Crippen molar-refractivity contribution in [1.82, 2.24) is 4.90 Å². The third-order valence-corrected chi connectivity index (χ3v) is 2.74. The van der Waals surface area contributed by atoms with Gasteiger partial charge in [0.2, 0.25) is 5.91 Å². The molecule has 0 spiro atoms. The first kappa shape index (κ1) is 10.9. The van der Waals surface area contributed by atoms with Gasteiger partial charge in [0.05, 0.1) is 0 Å². The monoisotopic (exact) mass is 217 g/mol. The Labute approximate surface area is 95.0 Å². The van der Waals surface area contributed by atoms with Crippen LogP contribution in [0, 0.1) is 5.92 Å². The topological polar surface area (TPSA) is 40.5 Å². The van der Waals surface area contributed by atoms with Gasteiger partial charge >= 0.3 is 0 Å². The first-order valence-electron chi connectivity index (χ1n) is 5.42. The summed E-state index contributed by atoms with van der Waals surface area (Å²) in [6, 6.07) is 9.73. The molecule has 1 saturated heterocycles. The lowest BCUT2D eigenvalue weighted by atomic mass is 10.0. The Balaban J connectivity index is 1.86. The lowest BCUT2D eigenvalue weighted by molar-refractivity contribution is -0.132. The highest BCUT2D eigenvalue weighted by molar-refractivity contribution is 5.92. The van der Waals surface area contributed by atoms with Crippen molar-refractivity contribution in [3.63, 3.8) is 0 Å². The van der Waals surface area contributed by atoms with E-state index in [1.807, 2.05) is 36.4 Å². The molecule has 1 fully saturated rings. The summed E-state index contributed by atoms with van der Waals surface area (Å²) in [6.45, 7) is 1.52. The molecular weight excluding hydrogens is 202 g/mol. The van der Waals surface area contributed by atoms with Gasteiger partial charge in [0.15, 0.2) is 0 Å². The molecule has 0 aromatic heterocycles. The number of rotatable bonds is 3. The van der Waals surface area contributed by atoms with E-state index in [0.717, 1.165) is 5.56 Å². The highest BCUT2D eigenvalue weighted by Crippen LogP contribution is 2.15. The zero-order valence-electron chi connectivity index (χ0n) is 9.04. The molecule has 1 aliphatic rings. The summed E-state index contributed by atoms with van der Waals surface area (Å²) in [5, 5.41) is 8.84. The van der Waals surface area contributed by atoms with Crippen molar-refractivity contribution >= 4 is 12.0 Å². The minimum absolute atomic E-state index is 0.0218. The Bertz CT molecular complexity index is 380. The maximum absolute atomic E-state index is 11.6. The zero-order valence-corrected chi connectivity index (χ0v) is 9.04. The van der Waals surface area contributed by atoms with Crippen molar-refractivity contribution in [2.75, 3.05) is 19.7 Å². The maximum Gasteiger partial charge on any atom is 0.246 e. The Morgan fingerprint density at radius 2 is 2.06 bits per heavy atom. The summed E-state index contributed by atoms with van der Waals surface area (Å²) in [7, 11) is 0. The Kier molecular flexibility index (Phi) is 3.37. The lowest BCUT2D eigenvalue weighted by Crippen LogP contribution is -2.50. The molecule has 1 heterocycles. The largest absolute Gasteiger partial charge is 0.396 e. The molecule has 3 heteroatoms. The van der Waals surface area contributed by atoms with Crippen molar-refractivity contribution in [3.8, 4) is 0 Å². The van der Waals surface area contributed by atoms with E-state index in [-0.39, 0.29) is 18.4 Å². The summed E-state index contributed by atoms with van der Waals surface area (Å²) in [6.07, 6.45) is 3.40. The van der Waals surface area contributed by atoms with Gasteiger partial charge in [0, 0.05) is 31.7 Å². The predicted molar refractivity (Wildman–Crippen MR) is 62.6 cm³/mol. The quantitative estimate of drug-likeness (QED) is 0.772. The molecule has 0 bridgehead atoms. The molecule has 1 aliphatic heterocycles. The van der Waals surface area contributed by atoms with Crippen LogP contribution in [0.4, 0.5) is 0 Å². The van der Waals surface area contributed by atoms with Crippen molar-refractivity contribution in [2.24, 2.45) is 5.92 Å². The standard InChI is InChI=1S/C13H15NO2/c15-10-12-8-14(9-12)13(16)7-6-11-4-2-1-3-5-11/h1-7,12,15H,8-10H2. The number of hydrogen-bond donors (Lipinski definition) is 1. The van der Waals surface area contributed by atoms with Crippen LogP contribution in [0.2, 0.25) is 0 Å². The lowest BCUT2D eigenvalue weighted by Gasteiger charge is -2.37. The summed E-state index contributed by atoms with van der Waals surface area (Å²) in [5.41, 5.74) is 1.02. The zero-order chi connectivity index (χ0) is 11.4. The molecular formula is C13H15NO2. The Morgan fingerprint density at radius 3 is 2.69 bits per heavy atom. The van der Waals surface area contributed by atoms with Gasteiger partial charge in [-0.25, -0.2) is 0 Å². The van der Waals surface area contributed by atoms with E-state index < -0.39 is 0 Å². The van der Waals surface area contributed by atoms with E-state index >= 15 is 0 Å². The number of nitrogens with zero attached hydrogens (tertiary/aromatic N) is 1. The molecule has 1 aromatic rings. The summed E-state index contributed by atoms with van der Waals surface area (Å²) in [4.78, 5) is 13.4. The van der Waals surface area contributed by atoms with Gasteiger partial charge in [-0.15, -0.1) is 0 Å². The number of aliphatic hydroxyl groups excluding tert-OH is 1. The van der Waals surface area contributed by atoms with Crippen molar-refractivity contribution in [1.29, 1.82) is 0 Å². The van der Waals surface area contributed by atoms with Crippen LogP contribution in [0.1, 0.15) is 5.56 Å². The van der Waals surface area contributed by atoms with E-state index in [1.54, 1.807) is 11.0 Å². The van der Waals surface area contributed by atoms with Crippen LogP contribution in [0.5, 0.6) is 0 Å². The predicted octanol–water partition coefficient (Wildman–Crippen LogP) is 1.15. The molecule has 0 radical (unpaired) electrons. The number of carbonyl (C=O) groups is 1. The number of amides is 1. The van der Waals surface area contributed by atoms with Crippen LogP contribution in [-0.4, -0.2) is 35.6 Å². The van der Waals surface area contributed by atoms with Gasteiger partial charge in [-0.05, 0) is 11.6 Å². The minimum atomic E-state index is 0.0218. The van der Waals surface area contributed by atoms with E-state index in [9.17, 15) is 4.79 Å². The highest BCUT2D eigenvalue weighted by Gasteiger charge is 2.28. The second-order valence-electron chi connectivity index (χ2n) is 4.04. The first-order valence-corrected chi connectivity index (χ1v) is 5.42. The van der Waals surface area contributed by atoms with E-state index in [0.29, 0.717) is 13.1 Å². The van der Waals surface area contributed by atoms with Crippen molar-refractivity contribution in [3.05, 3.63) is 42.0 Å². The molecule has 0 atom stereocenters. The number of hydrogen-bond acceptors (Lipinski definition) is 2. The van der Waals surface area contributed by atoms with Crippen LogP contribution in [-0.2, 0) is 4.79 Å². The SMILES string of the molecule is O=C(C=Cc1ccccc1)N1CC(CO)C1. The van der Waals surface area contributed by atoms with Crippen LogP contribution < -0.4 is 0 Å². The second-order valence-corrected chi connectivity index (χ2v) is 4.04. The maximum atomic E-state index is 11.6. The summed E-state index contributed by atoms with van der Waals surface area (Å²) >= 11 is 0. The normalized spacial score (nSPS) is 16.4. The van der Waals surface area contributed by atoms with Gasteiger partial charge in [-0.3, -0.25) is 4.79 Å². The fourth-order valence-electron chi connectivity index (χ4n) is 1.70. The van der Waals surface area contributed by atoms with Crippen molar-refractivity contribution < 1.29 is 9.90 Å². The summed E-state index contributed by atoms with van der Waals surface area (Å²) in [5.74, 6) is 0.294. The summed E-state index contributed by atoms with van der Waals surface area (Å²) < 4.78 is 0. The smallest absolute Gasteiger partial charge is 0.246 e.